The molecular weight excluding hydrogens is 333 g/mol. The second kappa shape index (κ2) is 7.22. The lowest BCUT2D eigenvalue weighted by molar-refractivity contribution is 0.00252. The van der Waals surface area contributed by atoms with E-state index in [4.69, 9.17) is 0 Å². The summed E-state index contributed by atoms with van der Waals surface area (Å²) >= 11 is 0. The number of rotatable bonds is 1. The topological polar surface area (TPSA) is 66.3 Å². The molecule has 1 N–H and O–H groups in total. The van der Waals surface area contributed by atoms with Gasteiger partial charge in [-0.05, 0) is 44.9 Å². The van der Waals surface area contributed by atoms with E-state index in [1.807, 2.05) is 13.8 Å². The number of carbonyl (C=O) groups excluding carboxylic acids is 1. The van der Waals surface area contributed by atoms with Crippen molar-refractivity contribution in [1.82, 2.24) is 14.9 Å². The van der Waals surface area contributed by atoms with Crippen LogP contribution < -0.4 is 0 Å². The van der Waals surface area contributed by atoms with E-state index in [-0.39, 0.29) is 17.5 Å². The molecule has 0 bridgehead atoms. The van der Waals surface area contributed by atoms with Crippen molar-refractivity contribution in [2.75, 3.05) is 6.54 Å². The van der Waals surface area contributed by atoms with Gasteiger partial charge in [-0.3, -0.25) is 4.79 Å². The lowest BCUT2D eigenvalue weighted by atomic mass is 9.88. The molecule has 1 fully saturated rings. The van der Waals surface area contributed by atoms with E-state index in [1.165, 1.54) is 24.5 Å². The molecule has 1 aromatic heterocycles. The van der Waals surface area contributed by atoms with Gasteiger partial charge in [0.25, 0.3) is 5.91 Å². The van der Waals surface area contributed by atoms with Crippen LogP contribution in [0.15, 0.2) is 36.7 Å². The van der Waals surface area contributed by atoms with Crippen molar-refractivity contribution in [3.05, 3.63) is 59.4 Å². The highest BCUT2D eigenvalue weighted by molar-refractivity contribution is 5.91. The SMILES string of the molecule is CC1(C)CC(O)CCN1C(=O)c1ncc(C#Cc2cccc(F)c2)cn1. The van der Waals surface area contributed by atoms with Gasteiger partial charge in [0.2, 0.25) is 5.82 Å². The Morgan fingerprint density at radius 1 is 1.27 bits per heavy atom. The third kappa shape index (κ3) is 4.06. The van der Waals surface area contributed by atoms with Gasteiger partial charge in [-0.15, -0.1) is 0 Å². The molecule has 1 saturated heterocycles. The van der Waals surface area contributed by atoms with Gasteiger partial charge in [0.15, 0.2) is 0 Å². The molecule has 0 aliphatic carbocycles. The third-order valence-electron chi connectivity index (χ3n) is 4.42. The van der Waals surface area contributed by atoms with Crippen LogP contribution in [-0.4, -0.2) is 44.1 Å². The number of amides is 1. The number of hydrogen-bond acceptors (Lipinski definition) is 4. The van der Waals surface area contributed by atoms with Crippen molar-refractivity contribution in [1.29, 1.82) is 0 Å². The fourth-order valence-corrected chi connectivity index (χ4v) is 3.08. The Kier molecular flexibility index (Phi) is 5.01. The highest BCUT2D eigenvalue weighted by Gasteiger charge is 2.38. The first kappa shape index (κ1) is 18.0. The number of carbonyl (C=O) groups is 1. The number of hydrogen-bond donors (Lipinski definition) is 1. The monoisotopic (exact) mass is 353 g/mol. The number of likely N-dealkylation sites (tertiary alicyclic amines) is 1. The van der Waals surface area contributed by atoms with Crippen molar-refractivity contribution < 1.29 is 14.3 Å². The Morgan fingerprint density at radius 3 is 2.62 bits per heavy atom. The first-order chi connectivity index (χ1) is 12.3. The van der Waals surface area contributed by atoms with Gasteiger partial charge >= 0.3 is 0 Å². The summed E-state index contributed by atoms with van der Waals surface area (Å²) < 4.78 is 13.1. The summed E-state index contributed by atoms with van der Waals surface area (Å²) in [5.74, 6) is 5.20. The molecule has 1 aliphatic heterocycles. The Bertz CT molecular complexity index is 869. The van der Waals surface area contributed by atoms with Crippen LogP contribution in [0.2, 0.25) is 0 Å². The minimum absolute atomic E-state index is 0.103. The average Bonchev–Trinajstić information content (AvgIpc) is 2.59. The fraction of sp³-hybridized carbons (Fsp3) is 0.350. The Morgan fingerprint density at radius 2 is 1.96 bits per heavy atom. The van der Waals surface area contributed by atoms with E-state index in [0.29, 0.717) is 30.5 Å². The van der Waals surface area contributed by atoms with E-state index in [9.17, 15) is 14.3 Å². The number of aromatic nitrogens is 2. The molecule has 1 atom stereocenters. The molecule has 1 unspecified atom stereocenters. The highest BCUT2D eigenvalue weighted by atomic mass is 19.1. The molecule has 3 rings (SSSR count). The zero-order valence-electron chi connectivity index (χ0n) is 14.7. The first-order valence-corrected chi connectivity index (χ1v) is 8.45. The number of aliphatic hydroxyl groups is 1. The minimum Gasteiger partial charge on any atom is -0.393 e. The zero-order valence-corrected chi connectivity index (χ0v) is 14.7. The smallest absolute Gasteiger partial charge is 0.292 e. The second-order valence-electron chi connectivity index (χ2n) is 6.97. The number of nitrogens with zero attached hydrogens (tertiary/aromatic N) is 3. The van der Waals surface area contributed by atoms with Crippen LogP contribution in [0.4, 0.5) is 4.39 Å². The first-order valence-electron chi connectivity index (χ1n) is 8.45. The quantitative estimate of drug-likeness (QED) is 0.800. The summed E-state index contributed by atoms with van der Waals surface area (Å²) in [6.07, 6.45) is 3.65. The number of piperidine rings is 1. The largest absolute Gasteiger partial charge is 0.393 e. The summed E-state index contributed by atoms with van der Waals surface area (Å²) in [7, 11) is 0. The van der Waals surface area contributed by atoms with E-state index in [2.05, 4.69) is 21.8 Å². The third-order valence-corrected chi connectivity index (χ3v) is 4.42. The molecule has 2 heterocycles. The molecule has 5 nitrogen and oxygen atoms in total. The van der Waals surface area contributed by atoms with Gasteiger partial charge in [0.1, 0.15) is 5.82 Å². The van der Waals surface area contributed by atoms with Crippen molar-refractivity contribution in [3.8, 4) is 11.8 Å². The molecule has 26 heavy (non-hydrogen) atoms. The predicted molar refractivity (Wildman–Crippen MR) is 94.8 cm³/mol. The van der Waals surface area contributed by atoms with Crippen LogP contribution in [0.1, 0.15) is 48.4 Å². The number of benzene rings is 1. The van der Waals surface area contributed by atoms with Gasteiger partial charge in [-0.1, -0.05) is 17.9 Å². The van der Waals surface area contributed by atoms with Crippen molar-refractivity contribution >= 4 is 5.91 Å². The molecule has 0 spiro atoms. The van der Waals surface area contributed by atoms with Crippen LogP contribution in [-0.2, 0) is 0 Å². The van der Waals surface area contributed by atoms with Gasteiger partial charge in [-0.25, -0.2) is 14.4 Å². The summed E-state index contributed by atoms with van der Waals surface area (Å²) in [5.41, 5.74) is 0.645. The highest BCUT2D eigenvalue weighted by Crippen LogP contribution is 2.28. The minimum atomic E-state index is -0.450. The van der Waals surface area contributed by atoms with Crippen molar-refractivity contribution in [3.63, 3.8) is 0 Å². The number of aliphatic hydroxyl groups excluding tert-OH is 1. The predicted octanol–water partition coefficient (Wildman–Crippen LogP) is 2.39. The summed E-state index contributed by atoms with van der Waals surface area (Å²) in [4.78, 5) is 22.6. The van der Waals surface area contributed by atoms with E-state index < -0.39 is 11.6 Å². The maximum absolute atomic E-state index is 13.1. The van der Waals surface area contributed by atoms with Gasteiger partial charge < -0.3 is 10.0 Å². The Balaban J connectivity index is 1.74. The Labute approximate surface area is 151 Å². The summed E-state index contributed by atoms with van der Waals surface area (Å²) in [5, 5.41) is 9.81. The molecule has 6 heteroatoms. The standard InChI is InChI=1S/C20H20FN3O2/c1-20(2)11-17(25)8-9-24(20)19(26)18-22-12-15(13-23-18)7-6-14-4-3-5-16(21)10-14/h3-5,10,12-13,17,25H,8-9,11H2,1-2H3. The summed E-state index contributed by atoms with van der Waals surface area (Å²) in [6, 6.07) is 6.00. The average molecular weight is 353 g/mol. The lowest BCUT2D eigenvalue weighted by Crippen LogP contribution is -2.54. The van der Waals surface area contributed by atoms with Crippen LogP contribution in [0.3, 0.4) is 0 Å². The molecular formula is C20H20FN3O2. The lowest BCUT2D eigenvalue weighted by Gasteiger charge is -2.43. The van der Waals surface area contributed by atoms with E-state index >= 15 is 0 Å². The van der Waals surface area contributed by atoms with Crippen LogP contribution in [0.25, 0.3) is 0 Å². The van der Waals surface area contributed by atoms with Crippen LogP contribution >= 0.6 is 0 Å². The van der Waals surface area contributed by atoms with E-state index in [0.717, 1.165) is 0 Å². The molecule has 0 radical (unpaired) electrons. The van der Waals surface area contributed by atoms with Crippen molar-refractivity contribution in [2.45, 2.75) is 38.3 Å². The van der Waals surface area contributed by atoms with Gasteiger partial charge in [-0.2, -0.15) is 0 Å². The maximum Gasteiger partial charge on any atom is 0.292 e. The summed E-state index contributed by atoms with van der Waals surface area (Å²) in [6.45, 7) is 4.32. The molecule has 134 valence electrons. The number of halogens is 1. The van der Waals surface area contributed by atoms with Crippen LogP contribution in [0, 0.1) is 17.7 Å². The normalized spacial score (nSPS) is 18.8. The van der Waals surface area contributed by atoms with E-state index in [1.54, 1.807) is 17.0 Å². The molecule has 1 amide bonds. The van der Waals surface area contributed by atoms with Crippen molar-refractivity contribution in [2.24, 2.45) is 0 Å². The molecule has 2 aromatic rings. The molecule has 0 saturated carbocycles. The zero-order chi connectivity index (χ0) is 18.7. The Hall–Kier alpha value is -2.78. The second-order valence-corrected chi connectivity index (χ2v) is 6.97. The maximum atomic E-state index is 13.1. The van der Waals surface area contributed by atoms with Gasteiger partial charge in [0, 0.05) is 30.0 Å². The fourth-order valence-electron chi connectivity index (χ4n) is 3.08. The van der Waals surface area contributed by atoms with Gasteiger partial charge in [0.05, 0.1) is 11.7 Å². The van der Waals surface area contributed by atoms with Crippen LogP contribution in [0.5, 0.6) is 0 Å². The molecule has 1 aliphatic rings. The molecule has 1 aromatic carbocycles.